The Morgan fingerprint density at radius 1 is 1.46 bits per heavy atom. The molecule has 1 aromatic rings. The van der Waals surface area contributed by atoms with Crippen molar-refractivity contribution in [2.75, 3.05) is 6.61 Å². The van der Waals surface area contributed by atoms with Crippen LogP contribution in [-0.4, -0.2) is 6.61 Å². The summed E-state index contributed by atoms with van der Waals surface area (Å²) in [5.41, 5.74) is 5.87. The lowest BCUT2D eigenvalue weighted by atomic mass is 10.2. The SMILES string of the molecule is NC(C1=CCCO1)c1ccc(Cl)o1. The lowest BCUT2D eigenvalue weighted by Crippen LogP contribution is -2.12. The zero-order chi connectivity index (χ0) is 9.26. The molecule has 0 saturated heterocycles. The smallest absolute Gasteiger partial charge is 0.193 e. The first-order valence-corrected chi connectivity index (χ1v) is 4.49. The predicted molar refractivity (Wildman–Crippen MR) is 49.3 cm³/mol. The van der Waals surface area contributed by atoms with E-state index in [1.807, 2.05) is 6.08 Å². The second-order valence-corrected chi connectivity index (χ2v) is 3.24. The van der Waals surface area contributed by atoms with Crippen LogP contribution >= 0.6 is 11.6 Å². The molecule has 1 atom stereocenters. The van der Waals surface area contributed by atoms with Gasteiger partial charge in [0, 0.05) is 6.42 Å². The summed E-state index contributed by atoms with van der Waals surface area (Å²) in [6.45, 7) is 0.706. The fourth-order valence-electron chi connectivity index (χ4n) is 1.29. The number of ether oxygens (including phenoxy) is 1. The van der Waals surface area contributed by atoms with Gasteiger partial charge < -0.3 is 14.9 Å². The fraction of sp³-hybridized carbons (Fsp3) is 0.333. The molecule has 1 aliphatic heterocycles. The number of nitrogens with two attached hydrogens (primary N) is 1. The molecule has 0 radical (unpaired) electrons. The second kappa shape index (κ2) is 3.44. The molecule has 0 bridgehead atoms. The minimum absolute atomic E-state index is 0.324. The average molecular weight is 200 g/mol. The highest BCUT2D eigenvalue weighted by atomic mass is 35.5. The van der Waals surface area contributed by atoms with Crippen molar-refractivity contribution in [1.29, 1.82) is 0 Å². The van der Waals surface area contributed by atoms with Gasteiger partial charge in [-0.25, -0.2) is 0 Å². The van der Waals surface area contributed by atoms with Crippen LogP contribution in [0.3, 0.4) is 0 Å². The zero-order valence-electron chi connectivity index (χ0n) is 7.00. The molecule has 0 saturated carbocycles. The lowest BCUT2D eigenvalue weighted by molar-refractivity contribution is 0.219. The summed E-state index contributed by atoms with van der Waals surface area (Å²) in [7, 11) is 0. The number of hydrogen-bond donors (Lipinski definition) is 1. The molecule has 3 nitrogen and oxygen atoms in total. The van der Waals surface area contributed by atoms with Crippen LogP contribution in [0, 0.1) is 0 Å². The maximum absolute atomic E-state index is 5.87. The van der Waals surface area contributed by atoms with Crippen LogP contribution in [0.4, 0.5) is 0 Å². The molecule has 2 N–H and O–H groups in total. The van der Waals surface area contributed by atoms with Crippen molar-refractivity contribution in [3.63, 3.8) is 0 Å². The number of hydrogen-bond acceptors (Lipinski definition) is 3. The van der Waals surface area contributed by atoms with Gasteiger partial charge in [-0.15, -0.1) is 0 Å². The molecule has 1 aliphatic rings. The van der Waals surface area contributed by atoms with E-state index in [0.29, 0.717) is 17.6 Å². The van der Waals surface area contributed by atoms with Gasteiger partial charge in [-0.05, 0) is 29.8 Å². The summed E-state index contributed by atoms with van der Waals surface area (Å²) in [5, 5.41) is 0.351. The second-order valence-electron chi connectivity index (χ2n) is 2.86. The maximum Gasteiger partial charge on any atom is 0.193 e. The van der Waals surface area contributed by atoms with E-state index in [0.717, 1.165) is 12.2 Å². The summed E-state index contributed by atoms with van der Waals surface area (Å²) >= 11 is 5.63. The van der Waals surface area contributed by atoms with Gasteiger partial charge >= 0.3 is 0 Å². The summed E-state index contributed by atoms with van der Waals surface area (Å²) in [4.78, 5) is 0. The first-order valence-electron chi connectivity index (χ1n) is 4.11. The van der Waals surface area contributed by atoms with Gasteiger partial charge in [-0.2, -0.15) is 0 Å². The van der Waals surface area contributed by atoms with Gasteiger partial charge in [0.25, 0.3) is 0 Å². The van der Waals surface area contributed by atoms with E-state index in [9.17, 15) is 0 Å². The van der Waals surface area contributed by atoms with E-state index in [2.05, 4.69) is 0 Å². The third-order valence-electron chi connectivity index (χ3n) is 1.94. The molecule has 0 amide bonds. The molecule has 1 aromatic heterocycles. The molecular formula is C9H10ClNO2. The standard InChI is InChI=1S/C9H10ClNO2/c10-8-4-3-7(13-8)9(11)6-2-1-5-12-6/h2-4,9H,1,5,11H2. The Kier molecular flexibility index (Phi) is 2.29. The lowest BCUT2D eigenvalue weighted by Gasteiger charge is -2.09. The van der Waals surface area contributed by atoms with E-state index in [1.165, 1.54) is 0 Å². The van der Waals surface area contributed by atoms with Crippen LogP contribution in [0.2, 0.25) is 5.22 Å². The van der Waals surface area contributed by atoms with Crippen LogP contribution < -0.4 is 5.73 Å². The molecule has 13 heavy (non-hydrogen) atoms. The van der Waals surface area contributed by atoms with Crippen molar-refractivity contribution >= 4 is 11.6 Å². The summed E-state index contributed by atoms with van der Waals surface area (Å²) in [6.07, 6.45) is 2.89. The van der Waals surface area contributed by atoms with Crippen molar-refractivity contribution in [3.05, 3.63) is 34.9 Å². The molecule has 0 fully saturated rings. The van der Waals surface area contributed by atoms with Gasteiger partial charge in [0.15, 0.2) is 5.22 Å². The average Bonchev–Trinajstić information content (AvgIpc) is 2.72. The largest absolute Gasteiger partial charge is 0.496 e. The van der Waals surface area contributed by atoms with Crippen molar-refractivity contribution in [2.24, 2.45) is 5.73 Å². The number of rotatable bonds is 2. The molecule has 0 spiro atoms. The molecule has 4 heteroatoms. The molecule has 1 unspecified atom stereocenters. The van der Waals surface area contributed by atoms with Crippen LogP contribution in [0.5, 0.6) is 0 Å². The molecule has 70 valence electrons. The Morgan fingerprint density at radius 3 is 2.85 bits per heavy atom. The van der Waals surface area contributed by atoms with E-state index in [4.69, 9.17) is 26.5 Å². The highest BCUT2D eigenvalue weighted by Crippen LogP contribution is 2.26. The van der Waals surface area contributed by atoms with Gasteiger partial charge in [-0.1, -0.05) is 0 Å². The predicted octanol–water partition coefficient (Wildman–Crippen LogP) is 2.24. The van der Waals surface area contributed by atoms with Crippen LogP contribution in [0.25, 0.3) is 0 Å². The Labute approximate surface area is 81.1 Å². The third-order valence-corrected chi connectivity index (χ3v) is 2.14. The Morgan fingerprint density at radius 2 is 2.31 bits per heavy atom. The van der Waals surface area contributed by atoms with Crippen LogP contribution in [-0.2, 0) is 4.74 Å². The first kappa shape index (κ1) is 8.66. The number of furan rings is 1. The van der Waals surface area contributed by atoms with E-state index in [1.54, 1.807) is 12.1 Å². The van der Waals surface area contributed by atoms with Crippen molar-refractivity contribution in [3.8, 4) is 0 Å². The minimum atomic E-state index is -0.324. The Bertz CT molecular complexity index is 332. The minimum Gasteiger partial charge on any atom is -0.496 e. The van der Waals surface area contributed by atoms with Crippen molar-refractivity contribution < 1.29 is 9.15 Å². The van der Waals surface area contributed by atoms with Crippen molar-refractivity contribution in [2.45, 2.75) is 12.5 Å². The van der Waals surface area contributed by atoms with Crippen LogP contribution in [0.1, 0.15) is 18.2 Å². The topological polar surface area (TPSA) is 48.4 Å². The highest BCUT2D eigenvalue weighted by molar-refractivity contribution is 6.28. The number of halogens is 1. The first-order chi connectivity index (χ1) is 6.27. The van der Waals surface area contributed by atoms with E-state index >= 15 is 0 Å². The van der Waals surface area contributed by atoms with E-state index < -0.39 is 0 Å². The van der Waals surface area contributed by atoms with E-state index in [-0.39, 0.29) is 6.04 Å². The highest BCUT2D eigenvalue weighted by Gasteiger charge is 2.19. The monoisotopic (exact) mass is 199 g/mol. The molecular weight excluding hydrogens is 190 g/mol. The van der Waals surface area contributed by atoms with Gasteiger partial charge in [0.2, 0.25) is 0 Å². The third kappa shape index (κ3) is 1.71. The van der Waals surface area contributed by atoms with Gasteiger partial charge in [0.1, 0.15) is 17.6 Å². The quantitative estimate of drug-likeness (QED) is 0.795. The normalized spacial score (nSPS) is 18.2. The van der Waals surface area contributed by atoms with Crippen molar-refractivity contribution in [1.82, 2.24) is 0 Å². The summed E-state index contributed by atoms with van der Waals surface area (Å²) < 4.78 is 10.5. The van der Waals surface area contributed by atoms with Gasteiger partial charge in [-0.3, -0.25) is 0 Å². The fourth-order valence-corrected chi connectivity index (χ4v) is 1.44. The van der Waals surface area contributed by atoms with Gasteiger partial charge in [0.05, 0.1) is 6.61 Å². The van der Waals surface area contributed by atoms with Crippen LogP contribution in [0.15, 0.2) is 28.4 Å². The molecule has 2 rings (SSSR count). The summed E-state index contributed by atoms with van der Waals surface area (Å²) in [6, 6.07) is 3.11. The molecule has 0 aromatic carbocycles. The maximum atomic E-state index is 5.87. The summed E-state index contributed by atoms with van der Waals surface area (Å²) in [5.74, 6) is 1.41. The Hall–Kier alpha value is -0.930. The molecule has 0 aliphatic carbocycles. The molecule has 2 heterocycles. The Balaban J connectivity index is 2.16. The zero-order valence-corrected chi connectivity index (χ0v) is 7.75.